The predicted octanol–water partition coefficient (Wildman–Crippen LogP) is 10.3. The van der Waals surface area contributed by atoms with Gasteiger partial charge in [-0.3, -0.25) is 0 Å². The van der Waals surface area contributed by atoms with Crippen LogP contribution in [0.2, 0.25) is 0 Å². The van der Waals surface area contributed by atoms with Crippen molar-refractivity contribution in [1.82, 2.24) is 0 Å². The van der Waals surface area contributed by atoms with Crippen LogP contribution in [0.15, 0.2) is 133 Å². The van der Waals surface area contributed by atoms with Crippen molar-refractivity contribution < 1.29 is 4.52 Å². The normalized spacial score (nSPS) is 26.7. The second-order valence-corrected chi connectivity index (χ2v) is 14.4. The highest BCUT2D eigenvalue weighted by atomic mass is 31.1. The second kappa shape index (κ2) is 11.1. The fourth-order valence-electron chi connectivity index (χ4n) is 6.40. The highest BCUT2D eigenvalue weighted by Crippen LogP contribution is 2.80. The lowest BCUT2D eigenvalue weighted by Crippen LogP contribution is -2.32. The topological polar surface area (TPSA) is 9.23 Å². The Morgan fingerprint density at radius 2 is 1.24 bits per heavy atom. The van der Waals surface area contributed by atoms with Gasteiger partial charge in [-0.05, 0) is 47.6 Å². The van der Waals surface area contributed by atoms with Crippen molar-refractivity contribution in [1.29, 1.82) is 0 Å². The third kappa shape index (κ3) is 4.42. The molecule has 4 aromatic rings. The van der Waals surface area contributed by atoms with Gasteiger partial charge < -0.3 is 4.52 Å². The van der Waals surface area contributed by atoms with E-state index in [0.29, 0.717) is 11.6 Å². The van der Waals surface area contributed by atoms with E-state index in [0.717, 1.165) is 13.0 Å². The molecule has 0 fully saturated rings. The lowest BCUT2D eigenvalue weighted by atomic mass is 9.78. The molecular weight excluding hydrogens is 498 g/mol. The van der Waals surface area contributed by atoms with Crippen LogP contribution in [-0.2, 0) is 9.68 Å². The van der Waals surface area contributed by atoms with Gasteiger partial charge in [0.15, 0.2) is 0 Å². The van der Waals surface area contributed by atoms with Crippen LogP contribution in [0.5, 0.6) is 0 Å². The standard InChI is InChI=1S/C35H34OP2/c1-3-36-38-33(28-18-10-5-11-19-28)26-31(34(38)29-20-12-6-13-21-29)35(30-22-14-7-15-23-30)25-24-32(37(35)2)27-16-8-4-9-17-27/h4-24,26,31,34H,3,25H2,1-2H3/t31-,34+,35+,37?,38?/m0/s1. The molecule has 6 rings (SSSR count). The summed E-state index contributed by atoms with van der Waals surface area (Å²) in [6.45, 7) is 5.39. The van der Waals surface area contributed by atoms with E-state index in [1.54, 1.807) is 0 Å². The summed E-state index contributed by atoms with van der Waals surface area (Å²) in [4.78, 5) is 0. The van der Waals surface area contributed by atoms with Crippen LogP contribution in [0.4, 0.5) is 0 Å². The minimum atomic E-state index is -0.841. The van der Waals surface area contributed by atoms with Gasteiger partial charge in [0.05, 0.1) is 8.15 Å². The number of hydrogen-bond acceptors (Lipinski definition) is 1. The first-order valence-electron chi connectivity index (χ1n) is 13.5. The molecule has 1 nitrogen and oxygen atoms in total. The maximum atomic E-state index is 6.74. The molecule has 2 aliphatic heterocycles. The molecule has 0 saturated heterocycles. The Morgan fingerprint density at radius 1 is 0.711 bits per heavy atom. The van der Waals surface area contributed by atoms with Crippen molar-refractivity contribution in [3.05, 3.63) is 156 Å². The first-order chi connectivity index (χ1) is 18.7. The van der Waals surface area contributed by atoms with E-state index >= 15 is 0 Å². The van der Waals surface area contributed by atoms with Crippen LogP contribution < -0.4 is 0 Å². The minimum Gasteiger partial charge on any atom is -0.354 e. The Hall–Kier alpha value is -2.82. The molecule has 3 heteroatoms. The average Bonchev–Trinajstić information content (AvgIpc) is 3.54. The van der Waals surface area contributed by atoms with Crippen molar-refractivity contribution in [3.63, 3.8) is 0 Å². The predicted molar refractivity (Wildman–Crippen MR) is 166 cm³/mol. The van der Waals surface area contributed by atoms with E-state index in [9.17, 15) is 0 Å². The Bertz CT molecular complexity index is 1420. The summed E-state index contributed by atoms with van der Waals surface area (Å²) in [7, 11) is -1.34. The van der Waals surface area contributed by atoms with Gasteiger partial charge in [-0.1, -0.05) is 141 Å². The van der Waals surface area contributed by atoms with Gasteiger partial charge in [0.25, 0.3) is 0 Å². The van der Waals surface area contributed by atoms with E-state index in [1.165, 1.54) is 32.9 Å². The molecule has 2 unspecified atom stereocenters. The zero-order chi connectivity index (χ0) is 26.0. The second-order valence-electron chi connectivity index (χ2n) is 10.1. The summed E-state index contributed by atoms with van der Waals surface area (Å²) < 4.78 is 6.74. The van der Waals surface area contributed by atoms with Gasteiger partial charge in [0, 0.05) is 28.7 Å². The molecule has 2 aliphatic rings. The zero-order valence-corrected chi connectivity index (χ0v) is 23.9. The van der Waals surface area contributed by atoms with Crippen molar-refractivity contribution in [2.45, 2.75) is 24.2 Å². The molecule has 0 N–H and O–H groups in total. The molecule has 2 heterocycles. The summed E-state index contributed by atoms with van der Waals surface area (Å²) >= 11 is 0. The lowest BCUT2D eigenvalue weighted by molar-refractivity contribution is 0.364. The number of benzene rings is 4. The zero-order valence-electron chi connectivity index (χ0n) is 22.1. The summed E-state index contributed by atoms with van der Waals surface area (Å²) in [6, 6.07) is 44.5. The van der Waals surface area contributed by atoms with Crippen LogP contribution in [0, 0.1) is 5.92 Å². The van der Waals surface area contributed by atoms with E-state index in [-0.39, 0.29) is 5.16 Å². The Balaban J connectivity index is 1.56. The molecular formula is C35H34OP2. The first-order valence-corrected chi connectivity index (χ1v) is 16.6. The lowest BCUT2D eigenvalue weighted by Gasteiger charge is -2.44. The molecule has 0 spiro atoms. The van der Waals surface area contributed by atoms with Crippen molar-refractivity contribution in [2.24, 2.45) is 5.92 Å². The third-order valence-electron chi connectivity index (χ3n) is 8.11. The highest BCUT2D eigenvalue weighted by Gasteiger charge is 2.55. The summed E-state index contributed by atoms with van der Waals surface area (Å²) in [6.07, 6.45) is 6.22. The number of hydrogen-bond donors (Lipinski definition) is 0. The van der Waals surface area contributed by atoms with Crippen molar-refractivity contribution in [3.8, 4) is 0 Å². The van der Waals surface area contributed by atoms with Crippen LogP contribution in [0.25, 0.3) is 10.6 Å². The largest absolute Gasteiger partial charge is 0.354 e. The fourth-order valence-corrected chi connectivity index (χ4v) is 12.1. The van der Waals surface area contributed by atoms with Crippen LogP contribution in [0.1, 0.15) is 41.3 Å². The van der Waals surface area contributed by atoms with Gasteiger partial charge in [-0.25, -0.2) is 0 Å². The molecule has 0 radical (unpaired) electrons. The quantitative estimate of drug-likeness (QED) is 0.215. The van der Waals surface area contributed by atoms with E-state index in [1.807, 2.05) is 0 Å². The van der Waals surface area contributed by atoms with Crippen LogP contribution in [-0.4, -0.2) is 13.3 Å². The molecule has 0 aromatic heterocycles. The van der Waals surface area contributed by atoms with Gasteiger partial charge in [-0.15, -0.1) is 0 Å². The van der Waals surface area contributed by atoms with Crippen molar-refractivity contribution in [2.75, 3.05) is 13.3 Å². The van der Waals surface area contributed by atoms with Crippen LogP contribution in [0.3, 0.4) is 0 Å². The number of allylic oxidation sites excluding steroid dienone is 2. The summed E-state index contributed by atoms with van der Waals surface area (Å²) in [5.41, 5.74) is 5.82. The Morgan fingerprint density at radius 3 is 1.82 bits per heavy atom. The molecule has 190 valence electrons. The van der Waals surface area contributed by atoms with Gasteiger partial charge >= 0.3 is 0 Å². The molecule has 0 bridgehead atoms. The monoisotopic (exact) mass is 532 g/mol. The van der Waals surface area contributed by atoms with Gasteiger partial charge in [0.1, 0.15) is 0 Å². The summed E-state index contributed by atoms with van der Waals surface area (Å²) in [5.74, 6) is 0.328. The fraction of sp³-hybridized carbons (Fsp3) is 0.200. The van der Waals surface area contributed by atoms with E-state index < -0.39 is 16.1 Å². The smallest absolute Gasteiger partial charge is 0.0689 e. The van der Waals surface area contributed by atoms with Crippen molar-refractivity contribution >= 4 is 26.7 Å². The molecule has 38 heavy (non-hydrogen) atoms. The van der Waals surface area contributed by atoms with Gasteiger partial charge in [-0.2, -0.15) is 0 Å². The SMILES string of the molecule is CCOP1C(c2ccccc2)=C[C@H]([C@]2(c3ccccc3)CC=C(c3ccccc3)P2C)[C@H]1c1ccccc1. The average molecular weight is 533 g/mol. The maximum Gasteiger partial charge on any atom is 0.0689 e. The third-order valence-corrected chi connectivity index (χ3v) is 13.8. The van der Waals surface area contributed by atoms with E-state index in [2.05, 4.69) is 147 Å². The Kier molecular flexibility index (Phi) is 7.45. The minimum absolute atomic E-state index is 0.00348. The molecule has 0 aliphatic carbocycles. The first kappa shape index (κ1) is 25.5. The highest BCUT2D eigenvalue weighted by molar-refractivity contribution is 7.69. The van der Waals surface area contributed by atoms with Crippen LogP contribution >= 0.6 is 16.1 Å². The maximum absolute atomic E-state index is 6.74. The Labute approximate surface area is 229 Å². The molecule has 0 saturated carbocycles. The van der Waals surface area contributed by atoms with Gasteiger partial charge in [0.2, 0.25) is 0 Å². The molecule has 5 atom stereocenters. The molecule has 0 amide bonds. The number of rotatable bonds is 7. The van der Waals surface area contributed by atoms with E-state index in [4.69, 9.17) is 4.52 Å². The molecule has 4 aromatic carbocycles. The summed E-state index contributed by atoms with van der Waals surface area (Å²) in [5, 5.41) is 2.92.